The minimum atomic E-state index is 0.113. The minimum Gasteiger partial charge on any atom is -0.399 e. The van der Waals surface area contributed by atoms with Gasteiger partial charge in [-0.25, -0.2) is 0 Å². The Kier molecular flexibility index (Phi) is 3.90. The van der Waals surface area contributed by atoms with Gasteiger partial charge in [-0.3, -0.25) is 4.79 Å². The summed E-state index contributed by atoms with van der Waals surface area (Å²) in [6.45, 7) is 3.05. The molecule has 0 aromatic heterocycles. The highest BCUT2D eigenvalue weighted by molar-refractivity contribution is 5.78. The molecular formula is C15H22N2O. The summed E-state index contributed by atoms with van der Waals surface area (Å²) in [4.78, 5) is 11.8. The second-order valence-corrected chi connectivity index (χ2v) is 5.45. The van der Waals surface area contributed by atoms with Gasteiger partial charge in [0.15, 0.2) is 0 Å². The lowest BCUT2D eigenvalue weighted by Gasteiger charge is -2.14. The molecule has 1 fully saturated rings. The molecule has 0 atom stereocenters. The topological polar surface area (TPSA) is 55.1 Å². The van der Waals surface area contributed by atoms with Crippen molar-refractivity contribution in [2.45, 2.75) is 39.0 Å². The molecule has 0 heterocycles. The predicted octanol–water partition coefficient (Wildman–Crippen LogP) is 2.51. The van der Waals surface area contributed by atoms with Crippen LogP contribution in [0.2, 0.25) is 0 Å². The van der Waals surface area contributed by atoms with E-state index in [1.54, 1.807) is 0 Å². The third-order valence-corrected chi connectivity index (χ3v) is 3.74. The molecular weight excluding hydrogens is 224 g/mol. The monoisotopic (exact) mass is 246 g/mol. The summed E-state index contributed by atoms with van der Waals surface area (Å²) < 4.78 is 0. The van der Waals surface area contributed by atoms with Crippen LogP contribution in [0, 0.1) is 5.41 Å². The van der Waals surface area contributed by atoms with Crippen molar-refractivity contribution in [2.24, 2.45) is 5.41 Å². The van der Waals surface area contributed by atoms with E-state index < -0.39 is 0 Å². The van der Waals surface area contributed by atoms with Gasteiger partial charge in [0.25, 0.3) is 0 Å². The van der Waals surface area contributed by atoms with E-state index in [9.17, 15) is 4.79 Å². The molecule has 1 aliphatic rings. The fourth-order valence-corrected chi connectivity index (χ4v) is 2.39. The zero-order valence-corrected chi connectivity index (χ0v) is 11.0. The zero-order valence-electron chi connectivity index (χ0n) is 11.0. The summed E-state index contributed by atoms with van der Waals surface area (Å²) in [6, 6.07) is 7.49. The van der Waals surface area contributed by atoms with Crippen LogP contribution in [0.1, 0.15) is 38.2 Å². The largest absolute Gasteiger partial charge is 0.399 e. The number of anilines is 1. The van der Waals surface area contributed by atoms with Gasteiger partial charge in [0.2, 0.25) is 5.91 Å². The normalized spacial score (nSPS) is 16.3. The highest BCUT2D eigenvalue weighted by atomic mass is 16.1. The number of nitrogens with one attached hydrogen (secondary N) is 1. The molecule has 0 saturated heterocycles. The molecule has 3 nitrogen and oxygen atoms in total. The maximum absolute atomic E-state index is 11.8. The zero-order chi connectivity index (χ0) is 13.0. The number of hydrogen-bond acceptors (Lipinski definition) is 2. The minimum absolute atomic E-state index is 0.113. The van der Waals surface area contributed by atoms with Crippen LogP contribution in [-0.4, -0.2) is 12.5 Å². The van der Waals surface area contributed by atoms with E-state index in [0.717, 1.165) is 17.8 Å². The molecule has 2 rings (SSSR count). The van der Waals surface area contributed by atoms with Gasteiger partial charge in [-0.15, -0.1) is 0 Å². The highest BCUT2D eigenvalue weighted by Gasteiger charge is 2.41. The van der Waals surface area contributed by atoms with Crippen molar-refractivity contribution < 1.29 is 4.79 Å². The maximum Gasteiger partial charge on any atom is 0.224 e. The van der Waals surface area contributed by atoms with Gasteiger partial charge in [-0.2, -0.15) is 0 Å². The summed E-state index contributed by atoms with van der Waals surface area (Å²) in [7, 11) is 0. The molecule has 1 aromatic carbocycles. The van der Waals surface area contributed by atoms with Crippen LogP contribution < -0.4 is 11.1 Å². The third kappa shape index (κ3) is 3.49. The van der Waals surface area contributed by atoms with Crippen molar-refractivity contribution in [1.82, 2.24) is 5.32 Å². The number of rotatable bonds is 6. The van der Waals surface area contributed by atoms with Gasteiger partial charge in [-0.1, -0.05) is 25.5 Å². The molecule has 98 valence electrons. The lowest BCUT2D eigenvalue weighted by molar-refractivity contribution is -0.120. The lowest BCUT2D eigenvalue weighted by Crippen LogP contribution is -2.31. The summed E-state index contributed by atoms with van der Waals surface area (Å²) in [6.07, 6.45) is 5.41. The van der Waals surface area contributed by atoms with E-state index >= 15 is 0 Å². The highest BCUT2D eigenvalue weighted by Crippen LogP contribution is 2.48. The number of benzene rings is 1. The third-order valence-electron chi connectivity index (χ3n) is 3.74. The molecule has 0 unspecified atom stereocenters. The average Bonchev–Trinajstić information content (AvgIpc) is 3.11. The first kappa shape index (κ1) is 12.9. The Morgan fingerprint density at radius 1 is 1.33 bits per heavy atom. The fraction of sp³-hybridized carbons (Fsp3) is 0.533. The lowest BCUT2D eigenvalue weighted by atomic mass is 10.0. The summed E-state index contributed by atoms with van der Waals surface area (Å²) >= 11 is 0. The Bertz CT molecular complexity index is 407. The van der Waals surface area contributed by atoms with Crippen molar-refractivity contribution in [3.63, 3.8) is 0 Å². The number of carbonyl (C=O) groups is 1. The molecule has 0 radical (unpaired) electrons. The average molecular weight is 246 g/mol. The van der Waals surface area contributed by atoms with Crippen molar-refractivity contribution in [3.8, 4) is 0 Å². The van der Waals surface area contributed by atoms with Crippen molar-refractivity contribution in [1.29, 1.82) is 0 Å². The number of amides is 1. The molecule has 1 aromatic rings. The molecule has 0 bridgehead atoms. The summed E-state index contributed by atoms with van der Waals surface area (Å²) in [5, 5.41) is 3.06. The quantitative estimate of drug-likeness (QED) is 0.758. The van der Waals surface area contributed by atoms with E-state index in [-0.39, 0.29) is 5.91 Å². The van der Waals surface area contributed by atoms with Gasteiger partial charge in [0, 0.05) is 12.2 Å². The van der Waals surface area contributed by atoms with Crippen LogP contribution in [0.3, 0.4) is 0 Å². The standard InChI is InChI=1S/C15H22N2O/c1-2-7-15(8-9-15)11-17-14(18)10-12-3-5-13(16)6-4-12/h3-6H,2,7-11,16H2,1H3,(H,17,18). The van der Waals surface area contributed by atoms with Crippen LogP contribution in [0.25, 0.3) is 0 Å². The van der Waals surface area contributed by atoms with Gasteiger partial charge in [0.1, 0.15) is 0 Å². The van der Waals surface area contributed by atoms with Crippen LogP contribution in [0.4, 0.5) is 5.69 Å². The summed E-state index contributed by atoms with van der Waals surface area (Å²) in [5.41, 5.74) is 7.79. The Hall–Kier alpha value is -1.51. The second-order valence-electron chi connectivity index (χ2n) is 5.45. The van der Waals surface area contributed by atoms with Gasteiger partial charge < -0.3 is 11.1 Å². The molecule has 1 amide bonds. The molecule has 0 aliphatic heterocycles. The molecule has 0 spiro atoms. The van der Waals surface area contributed by atoms with Crippen molar-refractivity contribution in [2.75, 3.05) is 12.3 Å². The van der Waals surface area contributed by atoms with E-state index in [4.69, 9.17) is 5.73 Å². The first-order valence-electron chi connectivity index (χ1n) is 6.75. The molecule has 18 heavy (non-hydrogen) atoms. The maximum atomic E-state index is 11.8. The van der Waals surface area contributed by atoms with Crippen LogP contribution >= 0.6 is 0 Å². The van der Waals surface area contributed by atoms with Gasteiger partial charge in [0.05, 0.1) is 6.42 Å². The van der Waals surface area contributed by atoms with Crippen molar-refractivity contribution in [3.05, 3.63) is 29.8 Å². The molecule has 3 heteroatoms. The van der Waals surface area contributed by atoms with Crippen LogP contribution in [-0.2, 0) is 11.2 Å². The first-order chi connectivity index (χ1) is 8.63. The Labute approximate surface area is 109 Å². The number of carbonyl (C=O) groups excluding carboxylic acids is 1. The number of hydrogen-bond donors (Lipinski definition) is 2. The van der Waals surface area contributed by atoms with Crippen LogP contribution in [0.15, 0.2) is 24.3 Å². The molecule has 1 aliphatic carbocycles. The Morgan fingerprint density at radius 2 is 2.00 bits per heavy atom. The Balaban J connectivity index is 1.77. The molecule has 1 saturated carbocycles. The van der Waals surface area contributed by atoms with E-state index in [1.807, 2.05) is 24.3 Å². The second kappa shape index (κ2) is 5.42. The van der Waals surface area contributed by atoms with Crippen molar-refractivity contribution >= 4 is 11.6 Å². The number of nitrogens with two attached hydrogens (primary N) is 1. The smallest absolute Gasteiger partial charge is 0.224 e. The predicted molar refractivity (Wildman–Crippen MR) is 74.1 cm³/mol. The summed E-state index contributed by atoms with van der Waals surface area (Å²) in [5.74, 6) is 0.113. The van der Waals surface area contributed by atoms with Gasteiger partial charge in [-0.05, 0) is 42.4 Å². The SMILES string of the molecule is CCCC1(CNC(=O)Cc2ccc(N)cc2)CC1. The van der Waals surface area contributed by atoms with Gasteiger partial charge >= 0.3 is 0 Å². The van der Waals surface area contributed by atoms with E-state index in [2.05, 4.69) is 12.2 Å². The molecule has 3 N–H and O–H groups in total. The van der Waals surface area contributed by atoms with Crippen LogP contribution in [0.5, 0.6) is 0 Å². The Morgan fingerprint density at radius 3 is 2.56 bits per heavy atom. The van der Waals surface area contributed by atoms with E-state index in [1.165, 1.54) is 25.7 Å². The van der Waals surface area contributed by atoms with E-state index in [0.29, 0.717) is 11.8 Å². The first-order valence-corrected chi connectivity index (χ1v) is 6.75. The number of nitrogen functional groups attached to an aromatic ring is 1. The fourth-order valence-electron chi connectivity index (χ4n) is 2.39.